The number of carbonyl (C=O) groups excluding carboxylic acids is 1. The van der Waals surface area contributed by atoms with Crippen LogP contribution in [-0.2, 0) is 44.3 Å². The maximum atomic E-state index is 13.0. The number of aryl methyl sites for hydroxylation is 1. The van der Waals surface area contributed by atoms with E-state index in [9.17, 15) is 4.79 Å². The van der Waals surface area contributed by atoms with Crippen LogP contribution >= 0.6 is 27.3 Å². The van der Waals surface area contributed by atoms with Gasteiger partial charge in [0.1, 0.15) is 6.10 Å². The molecule has 0 spiro atoms. The summed E-state index contributed by atoms with van der Waals surface area (Å²) < 4.78 is 50.8. The number of hydrogen-bond donors (Lipinski definition) is 0. The third-order valence-electron chi connectivity index (χ3n) is 11.3. The molecule has 11 heteroatoms. The second-order valence-electron chi connectivity index (χ2n) is 15.5. The predicted octanol–water partition coefficient (Wildman–Crippen LogP) is 10.4. The Balaban J connectivity index is 1.10. The number of allylic oxidation sites excluding steroid dienone is 2. The number of methoxy groups -OCH3 is 1. The minimum atomic E-state index is -0.353. The smallest absolute Gasteiger partial charge is 0.338 e. The summed E-state index contributed by atoms with van der Waals surface area (Å²) >= 11 is 5.38. The van der Waals surface area contributed by atoms with Crippen molar-refractivity contribution in [1.29, 1.82) is 0 Å². The summed E-state index contributed by atoms with van der Waals surface area (Å²) in [5.41, 5.74) is 0.548. The highest BCUT2D eigenvalue weighted by molar-refractivity contribution is 9.11. The lowest BCUT2D eigenvalue weighted by atomic mass is 9.89. The quantitative estimate of drug-likeness (QED) is 0.0691. The van der Waals surface area contributed by atoms with Crippen LogP contribution < -0.4 is 0 Å². The summed E-state index contributed by atoms with van der Waals surface area (Å²) in [5, 5.41) is 0. The van der Waals surface area contributed by atoms with Gasteiger partial charge in [-0.2, -0.15) is 0 Å². The third kappa shape index (κ3) is 14.4. The van der Waals surface area contributed by atoms with Crippen LogP contribution in [0.1, 0.15) is 112 Å². The van der Waals surface area contributed by atoms with Crippen molar-refractivity contribution in [3.05, 3.63) is 81.0 Å². The van der Waals surface area contributed by atoms with E-state index in [4.69, 9.17) is 37.9 Å². The van der Waals surface area contributed by atoms with Gasteiger partial charge in [0.15, 0.2) is 18.9 Å². The van der Waals surface area contributed by atoms with Crippen molar-refractivity contribution in [3.8, 4) is 0 Å². The van der Waals surface area contributed by atoms with Crippen molar-refractivity contribution < 1.29 is 42.7 Å². The summed E-state index contributed by atoms with van der Waals surface area (Å²) in [4.78, 5) is 14.3. The van der Waals surface area contributed by atoms with Gasteiger partial charge in [0.2, 0.25) is 0 Å². The second kappa shape index (κ2) is 24.2. The molecule has 1 aliphatic carbocycles. The van der Waals surface area contributed by atoms with E-state index in [1.165, 1.54) is 4.88 Å². The monoisotopic (exact) mass is 858 g/mol. The summed E-state index contributed by atoms with van der Waals surface area (Å²) in [6, 6.07) is 13.5. The molecule has 4 aliphatic rings. The lowest BCUT2D eigenvalue weighted by Gasteiger charge is -2.30. The number of benzene rings is 1. The van der Waals surface area contributed by atoms with Crippen molar-refractivity contribution in [3.63, 3.8) is 0 Å². The molecule has 9 atom stereocenters. The zero-order valence-electron chi connectivity index (χ0n) is 33.1. The normalized spacial score (nSPS) is 28.5. The van der Waals surface area contributed by atoms with E-state index in [0.717, 1.165) is 113 Å². The van der Waals surface area contributed by atoms with Crippen molar-refractivity contribution >= 4 is 33.2 Å². The summed E-state index contributed by atoms with van der Waals surface area (Å²) in [6.45, 7) is 2.53. The van der Waals surface area contributed by atoms with Crippen LogP contribution in [0.4, 0.5) is 0 Å². The van der Waals surface area contributed by atoms with Gasteiger partial charge in [-0.05, 0) is 142 Å². The molecular weight excluding hydrogens is 796 g/mol. The maximum Gasteiger partial charge on any atom is 0.338 e. The fourth-order valence-corrected chi connectivity index (χ4v) is 9.67. The fraction of sp³-hybridized carbons (Fsp3) is 0.667. The van der Waals surface area contributed by atoms with Gasteiger partial charge >= 0.3 is 5.97 Å². The first kappa shape index (κ1) is 43.6. The van der Waals surface area contributed by atoms with E-state index < -0.39 is 0 Å². The topological polar surface area (TPSA) is 90.9 Å². The van der Waals surface area contributed by atoms with E-state index in [1.54, 1.807) is 30.6 Å². The minimum absolute atomic E-state index is 0.00196. The number of esters is 1. The van der Waals surface area contributed by atoms with Crippen molar-refractivity contribution in [2.45, 2.75) is 146 Å². The molecular formula is C45H63BrO9S. The number of hydrogen-bond acceptors (Lipinski definition) is 10. The zero-order chi connectivity index (χ0) is 38.8. The van der Waals surface area contributed by atoms with Crippen LogP contribution in [-0.4, -0.2) is 82.8 Å². The first-order chi connectivity index (χ1) is 27.5. The Labute approximate surface area is 346 Å². The highest BCUT2D eigenvalue weighted by atomic mass is 79.9. The average molecular weight is 860 g/mol. The molecule has 6 rings (SSSR count). The van der Waals surface area contributed by atoms with Gasteiger partial charge < -0.3 is 37.9 Å². The van der Waals surface area contributed by atoms with E-state index in [-0.39, 0.29) is 61.1 Å². The Morgan fingerprint density at radius 2 is 1.55 bits per heavy atom. The molecule has 4 heterocycles. The Kier molecular flexibility index (Phi) is 18.9. The molecule has 9 nitrogen and oxygen atoms in total. The molecule has 1 aromatic heterocycles. The number of unbranched alkanes of at least 4 members (excludes halogenated alkanes) is 1. The van der Waals surface area contributed by atoms with Crippen LogP contribution in [0.3, 0.4) is 0 Å². The Hall–Kier alpha value is -1.93. The number of carbonyl (C=O) groups is 1. The molecule has 56 heavy (non-hydrogen) atoms. The number of rotatable bonds is 21. The highest BCUT2D eigenvalue weighted by Gasteiger charge is 2.45. The third-order valence-corrected chi connectivity index (χ3v) is 13.0. The van der Waals surface area contributed by atoms with Gasteiger partial charge in [-0.1, -0.05) is 42.5 Å². The first-order valence-corrected chi connectivity index (χ1v) is 22.8. The summed E-state index contributed by atoms with van der Waals surface area (Å²) in [6.07, 6.45) is 23.4. The molecule has 1 saturated carbocycles. The van der Waals surface area contributed by atoms with Crippen LogP contribution in [0.2, 0.25) is 0 Å². The molecule has 0 radical (unpaired) electrons. The zero-order valence-corrected chi connectivity index (χ0v) is 35.6. The van der Waals surface area contributed by atoms with Gasteiger partial charge in [0, 0.05) is 44.1 Å². The van der Waals surface area contributed by atoms with Crippen LogP contribution in [0.5, 0.6) is 0 Å². The second-order valence-corrected chi connectivity index (χ2v) is 18.0. The van der Waals surface area contributed by atoms with Crippen LogP contribution in [0, 0.1) is 11.8 Å². The van der Waals surface area contributed by atoms with Gasteiger partial charge in [-0.3, -0.25) is 0 Å². The number of halogens is 1. The molecule has 4 fully saturated rings. The molecule has 0 N–H and O–H groups in total. The molecule has 2 aromatic rings. The standard InChI is InChI=1S/C45H63BrO9S/c1-48-34(22-24-36-25-27-41(46)56-36)23-26-38-37(39(54-43-20-10-13-29-50-43)31-40(38)55-44-21-11-14-30-51-44)18-8-3-2-7-17-35(32-52-42-19-9-12-28-49-42)53-45(47)33-15-5-4-6-16-33/h3-6,8,15-16,23,25-27,34-35,37-40,42-44H,2,7,9-14,17-22,24,28-32H2,1H3/b8-3-,26-23+/t34-,35?,37+,38+,39-,40+,42?,43?,44?/m0/s1. The minimum Gasteiger partial charge on any atom is -0.456 e. The fourth-order valence-electron chi connectivity index (χ4n) is 8.17. The Morgan fingerprint density at radius 1 is 0.857 bits per heavy atom. The van der Waals surface area contributed by atoms with Gasteiger partial charge in [-0.15, -0.1) is 11.3 Å². The predicted molar refractivity (Wildman–Crippen MR) is 222 cm³/mol. The lowest BCUT2D eigenvalue weighted by Crippen LogP contribution is -2.31. The first-order valence-electron chi connectivity index (χ1n) is 21.2. The molecule has 0 amide bonds. The van der Waals surface area contributed by atoms with Gasteiger partial charge in [-0.25, -0.2) is 4.79 Å². The Morgan fingerprint density at radius 3 is 2.20 bits per heavy atom. The van der Waals surface area contributed by atoms with Gasteiger partial charge in [0.25, 0.3) is 0 Å². The average Bonchev–Trinajstić information content (AvgIpc) is 3.80. The van der Waals surface area contributed by atoms with E-state index in [2.05, 4.69) is 52.4 Å². The van der Waals surface area contributed by atoms with Crippen LogP contribution in [0.15, 0.2) is 70.6 Å². The van der Waals surface area contributed by atoms with Crippen molar-refractivity contribution in [2.24, 2.45) is 11.8 Å². The SMILES string of the molecule is CO[C@H](/C=C/[C@@H]1[C@@H](C/C=C\CCCC(COC2CCCCO2)OC(=O)c2ccccc2)[C@@H](OC2CCCCO2)C[C@H]1OC1CCCCO1)CCc1ccc(Br)s1. The van der Waals surface area contributed by atoms with E-state index >= 15 is 0 Å². The molecule has 3 aliphatic heterocycles. The summed E-state index contributed by atoms with van der Waals surface area (Å²) in [5.74, 6) is 0.0161. The number of ether oxygens (including phenoxy) is 8. The van der Waals surface area contributed by atoms with E-state index in [0.29, 0.717) is 25.2 Å². The lowest BCUT2D eigenvalue weighted by molar-refractivity contribution is -0.203. The van der Waals surface area contributed by atoms with Gasteiger partial charge in [0.05, 0.1) is 34.3 Å². The maximum absolute atomic E-state index is 13.0. The largest absolute Gasteiger partial charge is 0.456 e. The van der Waals surface area contributed by atoms with Crippen LogP contribution in [0.25, 0.3) is 0 Å². The molecule has 0 bridgehead atoms. The summed E-state index contributed by atoms with van der Waals surface area (Å²) in [7, 11) is 1.80. The molecule has 1 aromatic carbocycles. The Bertz CT molecular complexity index is 1450. The molecule has 3 saturated heterocycles. The molecule has 4 unspecified atom stereocenters. The van der Waals surface area contributed by atoms with Crippen molar-refractivity contribution in [1.82, 2.24) is 0 Å². The molecule has 310 valence electrons. The highest BCUT2D eigenvalue weighted by Crippen LogP contribution is 2.42. The number of thiophene rings is 1. The van der Waals surface area contributed by atoms with Crippen molar-refractivity contribution in [2.75, 3.05) is 33.5 Å². The van der Waals surface area contributed by atoms with E-state index in [1.807, 2.05) is 18.2 Å².